The van der Waals surface area contributed by atoms with Gasteiger partial charge in [0.2, 0.25) is 5.91 Å². The maximum Gasteiger partial charge on any atom is 0.267 e. The second-order valence-corrected chi connectivity index (χ2v) is 8.69. The summed E-state index contributed by atoms with van der Waals surface area (Å²) >= 11 is 2.60. The van der Waals surface area contributed by atoms with Gasteiger partial charge in [-0.3, -0.25) is 24.7 Å². The standard InChI is InChI=1S/C23H19N5O3S2/c29-20(12-18-14-33-23(27-18)28-22(31)19-8-4-10-32-19)26-16-7-3-5-15(11-16)21(30)25-13-17-6-1-2-9-24-17/h1-11,14H,12-13H2,(H,25,30)(H,26,29)(H,27,28,31). The molecule has 10 heteroatoms. The second kappa shape index (κ2) is 10.6. The highest BCUT2D eigenvalue weighted by Crippen LogP contribution is 2.19. The van der Waals surface area contributed by atoms with E-state index in [1.807, 2.05) is 23.6 Å². The van der Waals surface area contributed by atoms with Crippen molar-refractivity contribution in [1.29, 1.82) is 0 Å². The molecular weight excluding hydrogens is 458 g/mol. The molecule has 0 aliphatic carbocycles. The topological polar surface area (TPSA) is 113 Å². The van der Waals surface area contributed by atoms with E-state index < -0.39 is 0 Å². The number of hydrogen-bond donors (Lipinski definition) is 3. The first kappa shape index (κ1) is 22.3. The minimum Gasteiger partial charge on any atom is -0.346 e. The lowest BCUT2D eigenvalue weighted by atomic mass is 10.2. The van der Waals surface area contributed by atoms with Crippen molar-refractivity contribution in [2.24, 2.45) is 0 Å². The number of anilines is 2. The number of rotatable bonds is 8. The van der Waals surface area contributed by atoms with Crippen LogP contribution in [0.3, 0.4) is 0 Å². The maximum atomic E-state index is 12.5. The SMILES string of the molecule is O=C(Cc1csc(NC(=O)c2cccs2)n1)Nc1cccc(C(=O)NCc2ccccn2)c1. The van der Waals surface area contributed by atoms with Crippen LogP contribution < -0.4 is 16.0 Å². The molecule has 0 fully saturated rings. The summed E-state index contributed by atoms with van der Waals surface area (Å²) in [5.74, 6) is -0.765. The molecule has 3 heterocycles. The summed E-state index contributed by atoms with van der Waals surface area (Å²) in [6, 6.07) is 15.7. The fourth-order valence-electron chi connectivity index (χ4n) is 2.90. The van der Waals surface area contributed by atoms with E-state index in [-0.39, 0.29) is 24.1 Å². The molecule has 1 aromatic carbocycles. The van der Waals surface area contributed by atoms with Crippen LogP contribution >= 0.6 is 22.7 Å². The van der Waals surface area contributed by atoms with Crippen LogP contribution in [-0.4, -0.2) is 27.7 Å². The first-order valence-electron chi connectivity index (χ1n) is 9.94. The molecule has 0 unspecified atom stereocenters. The summed E-state index contributed by atoms with van der Waals surface area (Å²) in [4.78, 5) is 46.1. The molecule has 0 atom stereocenters. The van der Waals surface area contributed by atoms with Crippen molar-refractivity contribution in [3.8, 4) is 0 Å². The molecule has 166 valence electrons. The summed E-state index contributed by atoms with van der Waals surface area (Å²) in [7, 11) is 0. The van der Waals surface area contributed by atoms with Gasteiger partial charge in [0, 0.05) is 22.8 Å². The number of amides is 3. The summed E-state index contributed by atoms with van der Waals surface area (Å²) < 4.78 is 0. The number of thiazole rings is 1. The molecule has 0 spiro atoms. The van der Waals surface area contributed by atoms with E-state index in [4.69, 9.17) is 0 Å². The van der Waals surface area contributed by atoms with Gasteiger partial charge in [-0.15, -0.1) is 22.7 Å². The monoisotopic (exact) mass is 477 g/mol. The van der Waals surface area contributed by atoms with Crippen LogP contribution in [0.4, 0.5) is 10.8 Å². The number of pyridine rings is 1. The predicted octanol–water partition coefficient (Wildman–Crippen LogP) is 3.96. The third-order valence-corrected chi connectivity index (χ3v) is 6.10. The number of aromatic nitrogens is 2. The van der Waals surface area contributed by atoms with E-state index in [1.165, 1.54) is 22.7 Å². The van der Waals surface area contributed by atoms with Gasteiger partial charge in [-0.2, -0.15) is 0 Å². The Hall–Kier alpha value is -3.89. The zero-order valence-corrected chi connectivity index (χ0v) is 18.9. The van der Waals surface area contributed by atoms with Crippen molar-refractivity contribution in [2.75, 3.05) is 10.6 Å². The van der Waals surface area contributed by atoms with Crippen molar-refractivity contribution in [3.63, 3.8) is 0 Å². The third kappa shape index (κ3) is 6.31. The lowest BCUT2D eigenvalue weighted by Gasteiger charge is -2.08. The molecule has 8 nitrogen and oxygen atoms in total. The third-order valence-electron chi connectivity index (χ3n) is 4.42. The molecule has 0 radical (unpaired) electrons. The minimum absolute atomic E-state index is 0.0431. The summed E-state index contributed by atoms with van der Waals surface area (Å²) in [6.45, 7) is 0.311. The average Bonchev–Trinajstić information content (AvgIpc) is 3.51. The second-order valence-electron chi connectivity index (χ2n) is 6.88. The molecule has 33 heavy (non-hydrogen) atoms. The quantitative estimate of drug-likeness (QED) is 0.356. The highest BCUT2D eigenvalue weighted by molar-refractivity contribution is 7.14. The van der Waals surface area contributed by atoms with Gasteiger partial charge in [0.1, 0.15) is 0 Å². The normalized spacial score (nSPS) is 10.4. The molecule has 4 aromatic rings. The molecule has 0 saturated heterocycles. The number of nitrogens with one attached hydrogen (secondary N) is 3. The van der Waals surface area contributed by atoms with Crippen LogP contribution in [0.15, 0.2) is 71.6 Å². The fraction of sp³-hybridized carbons (Fsp3) is 0.0870. The molecular formula is C23H19N5O3S2. The van der Waals surface area contributed by atoms with Crippen LogP contribution in [0, 0.1) is 0 Å². The van der Waals surface area contributed by atoms with Crippen LogP contribution in [0.25, 0.3) is 0 Å². The van der Waals surface area contributed by atoms with E-state index in [9.17, 15) is 14.4 Å². The van der Waals surface area contributed by atoms with Gasteiger partial charge >= 0.3 is 0 Å². The van der Waals surface area contributed by atoms with E-state index in [1.54, 1.807) is 48.0 Å². The first-order valence-corrected chi connectivity index (χ1v) is 11.7. The van der Waals surface area contributed by atoms with E-state index >= 15 is 0 Å². The Labute approximate surface area is 197 Å². The van der Waals surface area contributed by atoms with Gasteiger partial charge < -0.3 is 10.6 Å². The van der Waals surface area contributed by atoms with E-state index in [0.29, 0.717) is 33.5 Å². The predicted molar refractivity (Wildman–Crippen MR) is 129 cm³/mol. The lowest BCUT2D eigenvalue weighted by molar-refractivity contribution is -0.115. The number of benzene rings is 1. The molecule has 0 saturated carbocycles. The van der Waals surface area contributed by atoms with Crippen molar-refractivity contribution in [2.45, 2.75) is 13.0 Å². The van der Waals surface area contributed by atoms with Crippen molar-refractivity contribution in [3.05, 3.63) is 93.4 Å². The Balaban J connectivity index is 1.30. The smallest absolute Gasteiger partial charge is 0.267 e. The Bertz CT molecular complexity index is 1260. The molecule has 0 bridgehead atoms. The van der Waals surface area contributed by atoms with Crippen LogP contribution in [0.1, 0.15) is 31.4 Å². The van der Waals surface area contributed by atoms with E-state index in [0.717, 1.165) is 5.69 Å². The molecule has 3 aromatic heterocycles. The Morgan fingerprint density at radius 1 is 0.879 bits per heavy atom. The van der Waals surface area contributed by atoms with Gasteiger partial charge in [-0.05, 0) is 41.8 Å². The number of carbonyl (C=O) groups excluding carboxylic acids is 3. The van der Waals surface area contributed by atoms with E-state index in [2.05, 4.69) is 25.9 Å². The Morgan fingerprint density at radius 2 is 1.79 bits per heavy atom. The van der Waals surface area contributed by atoms with Gasteiger partial charge in [-0.25, -0.2) is 4.98 Å². The van der Waals surface area contributed by atoms with Crippen LogP contribution in [-0.2, 0) is 17.8 Å². The Morgan fingerprint density at radius 3 is 2.58 bits per heavy atom. The van der Waals surface area contributed by atoms with Crippen molar-refractivity contribution < 1.29 is 14.4 Å². The minimum atomic E-state index is -0.275. The average molecular weight is 478 g/mol. The van der Waals surface area contributed by atoms with Crippen LogP contribution in [0.5, 0.6) is 0 Å². The number of carbonyl (C=O) groups is 3. The Kier molecular flexibility index (Phi) is 7.18. The summed E-state index contributed by atoms with van der Waals surface area (Å²) in [6.07, 6.45) is 1.71. The summed E-state index contributed by atoms with van der Waals surface area (Å²) in [5.41, 5.74) is 2.23. The number of thiophene rings is 1. The first-order chi connectivity index (χ1) is 16.1. The van der Waals surface area contributed by atoms with Gasteiger partial charge in [-0.1, -0.05) is 18.2 Å². The molecule has 0 aliphatic rings. The summed E-state index contributed by atoms with van der Waals surface area (Å²) in [5, 5.41) is 12.3. The maximum absolute atomic E-state index is 12.5. The number of nitrogens with zero attached hydrogens (tertiary/aromatic N) is 2. The zero-order valence-electron chi connectivity index (χ0n) is 17.3. The lowest BCUT2D eigenvalue weighted by Crippen LogP contribution is -2.23. The fourth-order valence-corrected chi connectivity index (χ4v) is 4.22. The van der Waals surface area contributed by atoms with Gasteiger partial charge in [0.25, 0.3) is 11.8 Å². The molecule has 3 N–H and O–H groups in total. The largest absolute Gasteiger partial charge is 0.346 e. The highest BCUT2D eigenvalue weighted by atomic mass is 32.1. The highest BCUT2D eigenvalue weighted by Gasteiger charge is 2.13. The molecule has 4 rings (SSSR count). The van der Waals surface area contributed by atoms with Crippen LogP contribution in [0.2, 0.25) is 0 Å². The van der Waals surface area contributed by atoms with Crippen molar-refractivity contribution >= 4 is 51.2 Å². The molecule has 3 amide bonds. The molecule has 0 aliphatic heterocycles. The zero-order chi connectivity index (χ0) is 23.0. The van der Waals surface area contributed by atoms with Gasteiger partial charge in [0.15, 0.2) is 5.13 Å². The van der Waals surface area contributed by atoms with Gasteiger partial charge in [0.05, 0.1) is 29.2 Å². The van der Waals surface area contributed by atoms with Crippen molar-refractivity contribution in [1.82, 2.24) is 15.3 Å². The number of hydrogen-bond acceptors (Lipinski definition) is 7.